The number of alkyl halides is 3. The first kappa shape index (κ1) is 25.3. The molecule has 3 aliphatic rings. The number of hydrogen-bond acceptors (Lipinski definition) is 6. The van der Waals surface area contributed by atoms with Gasteiger partial charge in [-0.15, -0.1) is 12.4 Å². The van der Waals surface area contributed by atoms with Gasteiger partial charge in [0.25, 0.3) is 0 Å². The molecule has 0 atom stereocenters. The maximum absolute atomic E-state index is 13.6. The number of nitrogens with two attached hydrogens (primary N) is 1. The minimum Gasteiger partial charge on any atom is -0.383 e. The largest absolute Gasteiger partial charge is 0.416 e. The third-order valence-corrected chi connectivity index (χ3v) is 7.97. The van der Waals surface area contributed by atoms with Gasteiger partial charge in [0, 0.05) is 53.6 Å². The molecule has 0 aromatic heterocycles. The summed E-state index contributed by atoms with van der Waals surface area (Å²) in [5.41, 5.74) is 8.64. The molecule has 5 N–H and O–H groups in total. The molecule has 1 saturated heterocycles. The van der Waals surface area contributed by atoms with Gasteiger partial charge >= 0.3 is 6.18 Å². The molecule has 1 saturated carbocycles. The minimum atomic E-state index is -4.40. The molecule has 186 valence electrons. The van der Waals surface area contributed by atoms with Crippen molar-refractivity contribution in [3.8, 4) is 0 Å². The molecule has 0 radical (unpaired) electrons. The van der Waals surface area contributed by atoms with Crippen molar-refractivity contribution in [3.63, 3.8) is 0 Å². The number of hydrogen-bond donors (Lipinski definition) is 4. The van der Waals surface area contributed by atoms with Gasteiger partial charge in [0.1, 0.15) is 0 Å². The first-order valence-electron chi connectivity index (χ1n) is 11.6. The first-order chi connectivity index (χ1) is 15.9. The summed E-state index contributed by atoms with van der Waals surface area (Å²) in [6, 6.07) is 8.73. The van der Waals surface area contributed by atoms with Crippen LogP contribution >= 0.6 is 24.2 Å². The van der Waals surface area contributed by atoms with Crippen LogP contribution in [-0.4, -0.2) is 39.3 Å². The van der Waals surface area contributed by atoms with E-state index in [4.69, 9.17) is 5.73 Å². The summed E-state index contributed by atoms with van der Waals surface area (Å²) in [5.74, 6) is 0. The van der Waals surface area contributed by atoms with E-state index in [2.05, 4.69) is 33.0 Å². The van der Waals surface area contributed by atoms with Crippen molar-refractivity contribution in [2.75, 3.05) is 54.8 Å². The van der Waals surface area contributed by atoms with Crippen LogP contribution in [0.2, 0.25) is 0 Å². The van der Waals surface area contributed by atoms with Gasteiger partial charge in [-0.25, -0.2) is 0 Å². The Bertz CT molecular complexity index is 1020. The molecular weight excluding hydrogens is 483 g/mol. The monoisotopic (exact) mass is 513 g/mol. The summed E-state index contributed by atoms with van der Waals surface area (Å²) < 4.78 is 40.8. The average molecular weight is 514 g/mol. The molecule has 0 amide bonds. The summed E-state index contributed by atoms with van der Waals surface area (Å²) in [7, 11) is 0. The number of halogens is 4. The summed E-state index contributed by atoms with van der Waals surface area (Å²) in [6.07, 6.45) is 0.353. The molecule has 10 heteroatoms. The SMILES string of the molecule is Cl.NCCNCCCNc1cc(C(F)(F)F)cc2c1Nc1ccc(N3CC4(CCC4)C3)cc1S2. The second-order valence-corrected chi connectivity index (χ2v) is 10.4. The number of benzene rings is 2. The minimum absolute atomic E-state index is 0. The van der Waals surface area contributed by atoms with Crippen LogP contribution in [0.15, 0.2) is 40.1 Å². The molecule has 5 nitrogen and oxygen atoms in total. The molecule has 2 aromatic carbocycles. The average Bonchev–Trinajstić information content (AvgIpc) is 2.72. The summed E-state index contributed by atoms with van der Waals surface area (Å²) >= 11 is 1.41. The van der Waals surface area contributed by atoms with E-state index >= 15 is 0 Å². The maximum atomic E-state index is 13.6. The van der Waals surface area contributed by atoms with Crippen molar-refractivity contribution in [2.24, 2.45) is 11.1 Å². The molecule has 0 unspecified atom stereocenters. The molecule has 2 aromatic rings. The maximum Gasteiger partial charge on any atom is 0.416 e. The normalized spacial score (nSPS) is 17.6. The highest BCUT2D eigenvalue weighted by molar-refractivity contribution is 7.99. The smallest absolute Gasteiger partial charge is 0.383 e. The molecule has 1 spiro atoms. The number of nitrogens with one attached hydrogen (secondary N) is 3. The van der Waals surface area contributed by atoms with Gasteiger partial charge in [-0.1, -0.05) is 18.2 Å². The summed E-state index contributed by atoms with van der Waals surface area (Å²) in [6.45, 7) is 4.81. The molecule has 2 aliphatic heterocycles. The van der Waals surface area contributed by atoms with Gasteiger partial charge in [-0.3, -0.25) is 0 Å². The van der Waals surface area contributed by atoms with Gasteiger partial charge < -0.3 is 26.6 Å². The zero-order chi connectivity index (χ0) is 23.1. The molecular formula is C24H31ClF3N5S. The first-order valence-corrected chi connectivity index (χ1v) is 12.4. The molecule has 0 bridgehead atoms. The van der Waals surface area contributed by atoms with Crippen LogP contribution in [0.25, 0.3) is 0 Å². The van der Waals surface area contributed by atoms with Gasteiger partial charge in [0.05, 0.1) is 22.6 Å². The Balaban J connectivity index is 0.00000274. The fourth-order valence-electron chi connectivity index (χ4n) is 4.88. The van der Waals surface area contributed by atoms with E-state index in [1.54, 1.807) is 0 Å². The molecule has 34 heavy (non-hydrogen) atoms. The molecule has 1 aliphatic carbocycles. The van der Waals surface area contributed by atoms with E-state index in [1.165, 1.54) is 43.2 Å². The van der Waals surface area contributed by atoms with E-state index in [-0.39, 0.29) is 12.4 Å². The van der Waals surface area contributed by atoms with Crippen LogP contribution in [0.4, 0.5) is 35.9 Å². The van der Waals surface area contributed by atoms with Gasteiger partial charge in [0.15, 0.2) is 0 Å². The lowest BCUT2D eigenvalue weighted by atomic mass is 9.63. The Kier molecular flexibility index (Phi) is 7.47. The van der Waals surface area contributed by atoms with E-state index in [1.807, 2.05) is 6.07 Å². The predicted molar refractivity (Wildman–Crippen MR) is 136 cm³/mol. The number of fused-ring (bicyclic) bond motifs is 2. The Morgan fingerprint density at radius 2 is 1.85 bits per heavy atom. The van der Waals surface area contributed by atoms with Crippen molar-refractivity contribution >= 4 is 46.9 Å². The number of rotatable bonds is 8. The lowest BCUT2D eigenvalue weighted by Gasteiger charge is -2.57. The Morgan fingerprint density at radius 1 is 1.06 bits per heavy atom. The lowest BCUT2D eigenvalue weighted by molar-refractivity contribution is -0.137. The number of anilines is 4. The predicted octanol–water partition coefficient (Wildman–Crippen LogP) is 5.68. The topological polar surface area (TPSA) is 65.3 Å². The summed E-state index contributed by atoms with van der Waals surface area (Å²) in [5, 5.41) is 9.80. The highest BCUT2D eigenvalue weighted by Crippen LogP contribution is 2.53. The van der Waals surface area contributed by atoms with Gasteiger partial charge in [-0.2, -0.15) is 13.2 Å². The second kappa shape index (κ2) is 10.0. The fraction of sp³-hybridized carbons (Fsp3) is 0.500. The standard InChI is InChI=1S/C24H30F3N5S.ClH/c25-24(26,27)16-11-19(30-9-2-8-29-10-7-28)22-21(12-16)33-20-13-17(3-4-18(20)31-22)32-14-23(15-32)5-1-6-23;/h3-4,11-13,29-31H,1-2,5-10,14-15,28H2;1H. The Labute approximate surface area is 208 Å². The van der Waals surface area contributed by atoms with Crippen LogP contribution in [0.5, 0.6) is 0 Å². The van der Waals surface area contributed by atoms with Crippen LogP contribution in [0.3, 0.4) is 0 Å². The van der Waals surface area contributed by atoms with E-state index in [0.717, 1.165) is 48.9 Å². The fourth-order valence-corrected chi connectivity index (χ4v) is 5.97. The van der Waals surface area contributed by atoms with Crippen LogP contribution in [-0.2, 0) is 6.18 Å². The van der Waals surface area contributed by atoms with Gasteiger partial charge in [-0.05, 0) is 56.1 Å². The van der Waals surface area contributed by atoms with Crippen molar-refractivity contribution < 1.29 is 13.2 Å². The quantitative estimate of drug-likeness (QED) is 0.291. The zero-order valence-electron chi connectivity index (χ0n) is 18.9. The van der Waals surface area contributed by atoms with E-state index in [9.17, 15) is 13.2 Å². The highest BCUT2D eigenvalue weighted by Gasteiger charge is 2.47. The third-order valence-electron chi connectivity index (χ3n) is 6.87. The highest BCUT2D eigenvalue weighted by atomic mass is 35.5. The van der Waals surface area contributed by atoms with Crippen LogP contribution in [0, 0.1) is 5.41 Å². The zero-order valence-corrected chi connectivity index (χ0v) is 20.6. The lowest BCUT2D eigenvalue weighted by Crippen LogP contribution is -2.59. The molecule has 5 rings (SSSR count). The molecule has 2 fully saturated rings. The Morgan fingerprint density at radius 3 is 2.53 bits per heavy atom. The van der Waals surface area contributed by atoms with Crippen molar-refractivity contribution in [2.45, 2.75) is 41.7 Å². The second-order valence-electron chi connectivity index (χ2n) is 9.33. The van der Waals surface area contributed by atoms with Crippen molar-refractivity contribution in [1.82, 2.24) is 5.32 Å². The van der Waals surface area contributed by atoms with Crippen LogP contribution in [0.1, 0.15) is 31.2 Å². The van der Waals surface area contributed by atoms with Crippen molar-refractivity contribution in [3.05, 3.63) is 35.9 Å². The van der Waals surface area contributed by atoms with E-state index < -0.39 is 11.7 Å². The molecule has 2 heterocycles. The van der Waals surface area contributed by atoms with E-state index in [0.29, 0.717) is 34.8 Å². The summed E-state index contributed by atoms with van der Waals surface area (Å²) in [4.78, 5) is 3.94. The van der Waals surface area contributed by atoms with Gasteiger partial charge in [0.2, 0.25) is 0 Å². The Hall–Kier alpha value is -1.81. The third kappa shape index (κ3) is 5.08. The number of nitrogens with zero attached hydrogens (tertiary/aromatic N) is 1. The van der Waals surface area contributed by atoms with Crippen LogP contribution < -0.4 is 26.6 Å². The van der Waals surface area contributed by atoms with Crippen molar-refractivity contribution in [1.29, 1.82) is 0 Å².